The Hall–Kier alpha value is -3.09. The SMILES string of the molecule is O=C(COc1cccc([N+](=O)[O-])c1)Nc1ccc(N2CCCCCC2)cc1. The summed E-state index contributed by atoms with van der Waals surface area (Å²) in [5.41, 5.74) is 1.79. The zero-order valence-electron chi connectivity index (χ0n) is 15.1. The third kappa shape index (κ3) is 5.44. The summed E-state index contributed by atoms with van der Waals surface area (Å²) in [7, 11) is 0. The van der Waals surface area contributed by atoms with Gasteiger partial charge in [-0.3, -0.25) is 14.9 Å². The minimum Gasteiger partial charge on any atom is -0.484 e. The zero-order valence-corrected chi connectivity index (χ0v) is 15.1. The van der Waals surface area contributed by atoms with E-state index in [1.165, 1.54) is 49.6 Å². The summed E-state index contributed by atoms with van der Waals surface area (Å²) in [6, 6.07) is 13.6. The average Bonchev–Trinajstić information content (AvgIpc) is 2.97. The van der Waals surface area contributed by atoms with Crippen molar-refractivity contribution in [3.05, 3.63) is 58.6 Å². The fourth-order valence-electron chi connectivity index (χ4n) is 3.12. The molecule has 1 heterocycles. The Balaban J connectivity index is 1.52. The number of anilines is 2. The van der Waals surface area contributed by atoms with Crippen LogP contribution in [0.2, 0.25) is 0 Å². The molecule has 0 saturated carbocycles. The molecule has 0 spiro atoms. The van der Waals surface area contributed by atoms with Crippen LogP contribution in [0.15, 0.2) is 48.5 Å². The molecule has 0 atom stereocenters. The number of nitro benzene ring substituents is 1. The highest BCUT2D eigenvalue weighted by atomic mass is 16.6. The van der Waals surface area contributed by atoms with Gasteiger partial charge in [0.15, 0.2) is 6.61 Å². The van der Waals surface area contributed by atoms with E-state index in [0.717, 1.165) is 13.1 Å². The van der Waals surface area contributed by atoms with Gasteiger partial charge in [0.05, 0.1) is 11.0 Å². The normalized spacial score (nSPS) is 14.3. The molecule has 1 N–H and O–H groups in total. The first-order valence-electron chi connectivity index (χ1n) is 9.14. The second kappa shape index (κ2) is 9.02. The number of nitrogens with one attached hydrogen (secondary N) is 1. The van der Waals surface area contributed by atoms with E-state index in [4.69, 9.17) is 4.74 Å². The number of non-ortho nitro benzene ring substituents is 1. The molecule has 0 aromatic heterocycles. The van der Waals surface area contributed by atoms with Crippen LogP contribution < -0.4 is 15.0 Å². The first-order valence-corrected chi connectivity index (χ1v) is 9.14. The van der Waals surface area contributed by atoms with Gasteiger partial charge in [0, 0.05) is 30.5 Å². The maximum atomic E-state index is 12.1. The average molecular weight is 369 g/mol. The maximum Gasteiger partial charge on any atom is 0.273 e. The van der Waals surface area contributed by atoms with Gasteiger partial charge < -0.3 is 15.0 Å². The minimum absolute atomic E-state index is 0.0722. The predicted octanol–water partition coefficient (Wildman–Crippen LogP) is 3.99. The highest BCUT2D eigenvalue weighted by molar-refractivity contribution is 5.92. The number of nitrogens with zero attached hydrogens (tertiary/aromatic N) is 2. The fourth-order valence-corrected chi connectivity index (χ4v) is 3.12. The van der Waals surface area contributed by atoms with Crippen LogP contribution in [0.25, 0.3) is 0 Å². The van der Waals surface area contributed by atoms with E-state index < -0.39 is 4.92 Å². The van der Waals surface area contributed by atoms with Gasteiger partial charge in [-0.1, -0.05) is 18.9 Å². The van der Waals surface area contributed by atoms with E-state index in [1.807, 2.05) is 24.3 Å². The van der Waals surface area contributed by atoms with Crippen molar-refractivity contribution >= 4 is 23.0 Å². The van der Waals surface area contributed by atoms with Gasteiger partial charge in [-0.2, -0.15) is 0 Å². The summed E-state index contributed by atoms with van der Waals surface area (Å²) in [5, 5.41) is 13.5. The van der Waals surface area contributed by atoms with E-state index >= 15 is 0 Å². The van der Waals surface area contributed by atoms with Crippen molar-refractivity contribution in [3.8, 4) is 5.75 Å². The number of carbonyl (C=O) groups excluding carboxylic acids is 1. The molecule has 7 heteroatoms. The van der Waals surface area contributed by atoms with Crippen LogP contribution >= 0.6 is 0 Å². The Kier molecular flexibility index (Phi) is 6.25. The number of carbonyl (C=O) groups is 1. The van der Waals surface area contributed by atoms with Crippen molar-refractivity contribution in [1.82, 2.24) is 0 Å². The van der Waals surface area contributed by atoms with Gasteiger partial charge in [-0.05, 0) is 43.2 Å². The Morgan fingerprint density at radius 1 is 1.07 bits per heavy atom. The number of hydrogen-bond donors (Lipinski definition) is 1. The maximum absolute atomic E-state index is 12.1. The highest BCUT2D eigenvalue weighted by Crippen LogP contribution is 2.22. The van der Waals surface area contributed by atoms with Crippen molar-refractivity contribution in [2.45, 2.75) is 25.7 Å². The molecule has 1 saturated heterocycles. The van der Waals surface area contributed by atoms with Crippen LogP contribution in [0.5, 0.6) is 5.75 Å². The van der Waals surface area contributed by atoms with Crippen LogP contribution in [0.1, 0.15) is 25.7 Å². The first kappa shape index (κ1) is 18.7. The van der Waals surface area contributed by atoms with Crippen molar-refractivity contribution in [2.24, 2.45) is 0 Å². The van der Waals surface area contributed by atoms with Crippen molar-refractivity contribution in [2.75, 3.05) is 29.9 Å². The van der Waals surface area contributed by atoms with Gasteiger partial charge in [0.25, 0.3) is 11.6 Å². The molecule has 2 aromatic rings. The summed E-state index contributed by atoms with van der Waals surface area (Å²) in [6.07, 6.45) is 5.01. The lowest BCUT2D eigenvalue weighted by molar-refractivity contribution is -0.384. The summed E-state index contributed by atoms with van der Waals surface area (Å²) in [6.45, 7) is 1.93. The fraction of sp³-hybridized carbons (Fsp3) is 0.350. The van der Waals surface area contributed by atoms with Gasteiger partial charge in [-0.15, -0.1) is 0 Å². The van der Waals surface area contributed by atoms with Gasteiger partial charge in [0.1, 0.15) is 5.75 Å². The Morgan fingerprint density at radius 2 is 1.78 bits per heavy atom. The highest BCUT2D eigenvalue weighted by Gasteiger charge is 2.11. The molecule has 3 rings (SSSR count). The van der Waals surface area contributed by atoms with Crippen LogP contribution in [0.4, 0.5) is 17.1 Å². The number of nitro groups is 1. The first-order chi connectivity index (χ1) is 13.1. The van der Waals surface area contributed by atoms with Crippen molar-refractivity contribution < 1.29 is 14.5 Å². The zero-order chi connectivity index (χ0) is 19.1. The molecule has 1 aliphatic heterocycles. The van der Waals surface area contributed by atoms with Gasteiger partial charge in [-0.25, -0.2) is 0 Å². The largest absolute Gasteiger partial charge is 0.484 e. The third-order valence-corrected chi connectivity index (χ3v) is 4.52. The molecule has 1 fully saturated rings. The predicted molar refractivity (Wildman–Crippen MR) is 104 cm³/mol. The summed E-state index contributed by atoms with van der Waals surface area (Å²) >= 11 is 0. The summed E-state index contributed by atoms with van der Waals surface area (Å²) < 4.78 is 5.34. The van der Waals surface area contributed by atoms with E-state index in [9.17, 15) is 14.9 Å². The Bertz CT molecular complexity index is 784. The summed E-state index contributed by atoms with van der Waals surface area (Å²) in [4.78, 5) is 24.7. The lowest BCUT2D eigenvalue weighted by atomic mass is 10.2. The van der Waals surface area contributed by atoms with Crippen LogP contribution in [0, 0.1) is 10.1 Å². The van der Waals surface area contributed by atoms with Crippen LogP contribution in [-0.2, 0) is 4.79 Å². The van der Waals surface area contributed by atoms with Gasteiger partial charge in [0.2, 0.25) is 0 Å². The molecule has 0 bridgehead atoms. The monoisotopic (exact) mass is 369 g/mol. The van der Waals surface area contributed by atoms with Crippen LogP contribution in [-0.4, -0.2) is 30.5 Å². The van der Waals surface area contributed by atoms with E-state index in [2.05, 4.69) is 10.2 Å². The molecule has 1 aliphatic rings. The van der Waals surface area contributed by atoms with Crippen molar-refractivity contribution in [1.29, 1.82) is 0 Å². The molecule has 27 heavy (non-hydrogen) atoms. The standard InChI is InChI=1S/C20H23N3O4/c24-20(15-27-19-7-5-6-18(14-19)23(25)26)21-16-8-10-17(11-9-16)22-12-3-1-2-4-13-22/h5-11,14H,1-4,12-13,15H2,(H,21,24). The molecule has 0 radical (unpaired) electrons. The van der Waals surface area contributed by atoms with E-state index in [-0.39, 0.29) is 24.0 Å². The Morgan fingerprint density at radius 3 is 2.44 bits per heavy atom. The minimum atomic E-state index is -0.501. The number of hydrogen-bond acceptors (Lipinski definition) is 5. The molecule has 1 amide bonds. The lowest BCUT2D eigenvalue weighted by Gasteiger charge is -2.22. The number of ether oxygens (including phenoxy) is 1. The quantitative estimate of drug-likeness (QED) is 0.615. The second-order valence-electron chi connectivity index (χ2n) is 6.54. The smallest absolute Gasteiger partial charge is 0.273 e. The third-order valence-electron chi connectivity index (χ3n) is 4.52. The summed E-state index contributed by atoms with van der Waals surface area (Å²) in [5.74, 6) is -0.0279. The van der Waals surface area contributed by atoms with E-state index in [0.29, 0.717) is 5.69 Å². The lowest BCUT2D eigenvalue weighted by Crippen LogP contribution is -2.24. The molecule has 0 aliphatic carbocycles. The number of benzene rings is 2. The number of amides is 1. The number of rotatable bonds is 6. The molecule has 7 nitrogen and oxygen atoms in total. The molecular formula is C20H23N3O4. The van der Waals surface area contributed by atoms with Crippen LogP contribution in [0.3, 0.4) is 0 Å². The molecule has 2 aromatic carbocycles. The molecular weight excluding hydrogens is 346 g/mol. The van der Waals surface area contributed by atoms with Gasteiger partial charge >= 0.3 is 0 Å². The second-order valence-corrected chi connectivity index (χ2v) is 6.54. The Labute approximate surface area is 158 Å². The van der Waals surface area contributed by atoms with E-state index in [1.54, 1.807) is 6.07 Å². The topological polar surface area (TPSA) is 84.7 Å². The van der Waals surface area contributed by atoms with Crippen molar-refractivity contribution in [3.63, 3.8) is 0 Å². The molecule has 0 unspecified atom stereocenters. The molecule has 142 valence electrons.